The Labute approximate surface area is 138 Å². The minimum Gasteiger partial charge on any atom is -0.317 e. The lowest BCUT2D eigenvalue weighted by Gasteiger charge is -2.22. The lowest BCUT2D eigenvalue weighted by atomic mass is 9.98. The third-order valence-corrected chi connectivity index (χ3v) is 5.73. The summed E-state index contributed by atoms with van der Waals surface area (Å²) >= 11 is 0. The Morgan fingerprint density at radius 3 is 2.96 bits per heavy atom. The Kier molecular flexibility index (Phi) is 4.12. The standard InChI is InChI=1S/C19H27N3O/c1-13(23)22-9-6-16-10-15(2-3-19(16)22)17-11-18(17)21-12-14-4-7-20-8-5-14/h2-3,10,14,17-18,20-21H,4-9,11-12H2,1H3/t17-,18+/m0/s1. The molecule has 1 amide bonds. The number of hydrogen-bond acceptors (Lipinski definition) is 3. The molecular weight excluding hydrogens is 286 g/mol. The van der Waals surface area contributed by atoms with Crippen LogP contribution >= 0.6 is 0 Å². The molecule has 2 heterocycles. The summed E-state index contributed by atoms with van der Waals surface area (Å²) in [6.45, 7) is 6.03. The van der Waals surface area contributed by atoms with E-state index in [2.05, 4.69) is 28.8 Å². The van der Waals surface area contributed by atoms with E-state index in [0.717, 1.165) is 24.6 Å². The number of benzene rings is 1. The van der Waals surface area contributed by atoms with Gasteiger partial charge in [-0.3, -0.25) is 4.79 Å². The van der Waals surface area contributed by atoms with Crippen LogP contribution in [0.4, 0.5) is 5.69 Å². The van der Waals surface area contributed by atoms with Gasteiger partial charge in [-0.05, 0) is 68.4 Å². The number of carbonyl (C=O) groups is 1. The van der Waals surface area contributed by atoms with Gasteiger partial charge in [0.05, 0.1) is 0 Å². The molecule has 2 aliphatic heterocycles. The van der Waals surface area contributed by atoms with Crippen LogP contribution in [0.3, 0.4) is 0 Å². The van der Waals surface area contributed by atoms with Crippen LogP contribution in [0.2, 0.25) is 0 Å². The summed E-state index contributed by atoms with van der Waals surface area (Å²) < 4.78 is 0. The van der Waals surface area contributed by atoms with Crippen molar-refractivity contribution in [3.05, 3.63) is 29.3 Å². The molecule has 2 N–H and O–H groups in total. The predicted molar refractivity (Wildman–Crippen MR) is 92.9 cm³/mol. The second-order valence-corrected chi connectivity index (χ2v) is 7.36. The van der Waals surface area contributed by atoms with Crippen molar-refractivity contribution < 1.29 is 4.79 Å². The van der Waals surface area contributed by atoms with Crippen LogP contribution in [0.15, 0.2) is 18.2 Å². The molecular formula is C19H27N3O. The largest absolute Gasteiger partial charge is 0.317 e. The Morgan fingerprint density at radius 1 is 1.35 bits per heavy atom. The molecule has 0 bridgehead atoms. The number of amides is 1. The van der Waals surface area contributed by atoms with Gasteiger partial charge in [0.25, 0.3) is 0 Å². The minimum absolute atomic E-state index is 0.157. The van der Waals surface area contributed by atoms with Gasteiger partial charge in [0.15, 0.2) is 0 Å². The summed E-state index contributed by atoms with van der Waals surface area (Å²) in [6, 6.07) is 7.39. The molecule has 0 spiro atoms. The quantitative estimate of drug-likeness (QED) is 0.894. The van der Waals surface area contributed by atoms with E-state index in [9.17, 15) is 4.79 Å². The summed E-state index contributed by atoms with van der Waals surface area (Å²) in [5.41, 5.74) is 3.93. The van der Waals surface area contributed by atoms with E-state index in [1.807, 2.05) is 4.90 Å². The van der Waals surface area contributed by atoms with Crippen molar-refractivity contribution in [1.29, 1.82) is 0 Å². The van der Waals surface area contributed by atoms with Crippen LogP contribution < -0.4 is 15.5 Å². The van der Waals surface area contributed by atoms with Crippen LogP contribution in [0.5, 0.6) is 0 Å². The van der Waals surface area contributed by atoms with Crippen LogP contribution in [0.25, 0.3) is 0 Å². The zero-order valence-corrected chi connectivity index (χ0v) is 14.0. The summed E-state index contributed by atoms with van der Waals surface area (Å²) in [7, 11) is 0. The molecule has 1 saturated carbocycles. The van der Waals surface area contributed by atoms with E-state index in [1.54, 1.807) is 6.92 Å². The molecule has 1 aromatic rings. The number of nitrogens with one attached hydrogen (secondary N) is 2. The molecule has 23 heavy (non-hydrogen) atoms. The Morgan fingerprint density at radius 2 is 2.17 bits per heavy atom. The van der Waals surface area contributed by atoms with E-state index < -0.39 is 0 Å². The van der Waals surface area contributed by atoms with Gasteiger partial charge < -0.3 is 15.5 Å². The number of fused-ring (bicyclic) bond motifs is 1. The fraction of sp³-hybridized carbons (Fsp3) is 0.632. The third kappa shape index (κ3) is 3.15. The van der Waals surface area contributed by atoms with E-state index in [1.165, 1.54) is 50.0 Å². The monoisotopic (exact) mass is 313 g/mol. The maximum absolute atomic E-state index is 11.6. The van der Waals surface area contributed by atoms with Crippen LogP contribution in [0.1, 0.15) is 43.2 Å². The van der Waals surface area contributed by atoms with E-state index in [4.69, 9.17) is 0 Å². The molecule has 0 aromatic heterocycles. The second-order valence-electron chi connectivity index (χ2n) is 7.36. The van der Waals surface area contributed by atoms with E-state index in [-0.39, 0.29) is 5.91 Å². The molecule has 2 atom stereocenters. The molecule has 1 aromatic carbocycles. The number of carbonyl (C=O) groups excluding carboxylic acids is 1. The van der Waals surface area contributed by atoms with Crippen molar-refractivity contribution in [2.24, 2.45) is 5.92 Å². The maximum atomic E-state index is 11.6. The van der Waals surface area contributed by atoms with Gasteiger partial charge in [-0.25, -0.2) is 0 Å². The fourth-order valence-corrected chi connectivity index (χ4v) is 4.17. The molecule has 124 valence electrons. The van der Waals surface area contributed by atoms with Gasteiger partial charge in [0.2, 0.25) is 5.91 Å². The fourth-order valence-electron chi connectivity index (χ4n) is 4.17. The minimum atomic E-state index is 0.157. The molecule has 0 unspecified atom stereocenters. The third-order valence-electron chi connectivity index (χ3n) is 5.73. The van der Waals surface area contributed by atoms with Gasteiger partial charge in [0.1, 0.15) is 0 Å². The van der Waals surface area contributed by atoms with Gasteiger partial charge >= 0.3 is 0 Å². The number of hydrogen-bond donors (Lipinski definition) is 2. The number of anilines is 1. The first-order valence-electron chi connectivity index (χ1n) is 9.07. The van der Waals surface area contributed by atoms with Crippen LogP contribution in [0, 0.1) is 5.92 Å². The normalized spacial score (nSPS) is 27.1. The molecule has 1 saturated heterocycles. The molecule has 1 aliphatic carbocycles. The van der Waals surface area contributed by atoms with Crippen molar-refractivity contribution in [3.63, 3.8) is 0 Å². The van der Waals surface area contributed by atoms with E-state index in [0.29, 0.717) is 12.0 Å². The number of piperidine rings is 1. The van der Waals surface area contributed by atoms with Crippen molar-refractivity contribution in [2.75, 3.05) is 31.1 Å². The number of nitrogens with zero attached hydrogens (tertiary/aromatic N) is 1. The Hall–Kier alpha value is -1.39. The first-order valence-corrected chi connectivity index (χ1v) is 9.07. The highest BCUT2D eigenvalue weighted by Gasteiger charge is 2.39. The zero-order valence-electron chi connectivity index (χ0n) is 14.0. The second kappa shape index (κ2) is 6.25. The molecule has 4 nitrogen and oxygen atoms in total. The van der Waals surface area contributed by atoms with Gasteiger partial charge in [-0.15, -0.1) is 0 Å². The predicted octanol–water partition coefficient (Wildman–Crippen LogP) is 2.04. The van der Waals surface area contributed by atoms with Gasteiger partial charge in [0, 0.05) is 31.1 Å². The topological polar surface area (TPSA) is 44.4 Å². The molecule has 3 aliphatic rings. The summed E-state index contributed by atoms with van der Waals surface area (Å²) in [6.07, 6.45) is 4.89. The molecule has 2 fully saturated rings. The van der Waals surface area contributed by atoms with Crippen molar-refractivity contribution in [2.45, 2.75) is 44.6 Å². The first-order chi connectivity index (χ1) is 11.2. The maximum Gasteiger partial charge on any atom is 0.223 e. The van der Waals surface area contributed by atoms with Crippen LogP contribution in [-0.2, 0) is 11.2 Å². The van der Waals surface area contributed by atoms with E-state index >= 15 is 0 Å². The average Bonchev–Trinajstić information content (AvgIpc) is 3.22. The smallest absolute Gasteiger partial charge is 0.223 e. The van der Waals surface area contributed by atoms with Gasteiger partial charge in [-0.2, -0.15) is 0 Å². The molecule has 4 heteroatoms. The van der Waals surface area contributed by atoms with Crippen molar-refractivity contribution in [3.8, 4) is 0 Å². The summed E-state index contributed by atoms with van der Waals surface area (Å²) in [5.74, 6) is 1.68. The SMILES string of the molecule is CC(=O)N1CCc2cc([C@@H]3C[C@H]3NCC3CCNCC3)ccc21. The number of rotatable bonds is 4. The lowest BCUT2D eigenvalue weighted by molar-refractivity contribution is -0.116. The Bertz CT molecular complexity index is 594. The average molecular weight is 313 g/mol. The highest BCUT2D eigenvalue weighted by atomic mass is 16.2. The summed E-state index contributed by atoms with van der Waals surface area (Å²) in [4.78, 5) is 13.5. The van der Waals surface area contributed by atoms with Gasteiger partial charge in [-0.1, -0.05) is 12.1 Å². The van der Waals surface area contributed by atoms with Crippen molar-refractivity contribution in [1.82, 2.24) is 10.6 Å². The van der Waals surface area contributed by atoms with Crippen LogP contribution in [-0.4, -0.2) is 38.1 Å². The zero-order chi connectivity index (χ0) is 15.8. The molecule has 0 radical (unpaired) electrons. The highest BCUT2D eigenvalue weighted by molar-refractivity contribution is 5.93. The van der Waals surface area contributed by atoms with Crippen molar-refractivity contribution >= 4 is 11.6 Å². The first kappa shape index (κ1) is 15.2. The highest BCUT2D eigenvalue weighted by Crippen LogP contribution is 2.43. The lowest BCUT2D eigenvalue weighted by Crippen LogP contribution is -2.34. The summed E-state index contributed by atoms with van der Waals surface area (Å²) in [5, 5.41) is 7.21. The Balaban J connectivity index is 1.34. The molecule has 4 rings (SSSR count).